The standard InChI is InChI=1S/C16H24O8/c1-3-7-21-9-13(17)11-23-15(19)5-6-16(20)24-12-14(18)10-22-8-4-2/h3-6,13-14,17-18H,1-2,7-12H2/b6-5-. The lowest BCUT2D eigenvalue weighted by Gasteiger charge is -2.10. The molecule has 24 heavy (non-hydrogen) atoms. The molecule has 0 spiro atoms. The van der Waals surface area contributed by atoms with Gasteiger partial charge in [0.1, 0.15) is 25.4 Å². The van der Waals surface area contributed by atoms with Gasteiger partial charge in [-0.1, -0.05) is 12.2 Å². The monoisotopic (exact) mass is 344 g/mol. The van der Waals surface area contributed by atoms with Crippen LogP contribution in [0, 0.1) is 0 Å². The maximum absolute atomic E-state index is 11.3. The summed E-state index contributed by atoms with van der Waals surface area (Å²) >= 11 is 0. The lowest BCUT2D eigenvalue weighted by atomic mass is 10.4. The van der Waals surface area contributed by atoms with Gasteiger partial charge in [-0.2, -0.15) is 0 Å². The van der Waals surface area contributed by atoms with E-state index < -0.39 is 24.1 Å². The Kier molecular flexibility index (Phi) is 13.4. The van der Waals surface area contributed by atoms with Crippen molar-refractivity contribution in [3.8, 4) is 0 Å². The van der Waals surface area contributed by atoms with Crippen LogP contribution in [-0.4, -0.2) is 74.0 Å². The molecule has 0 saturated carbocycles. The number of aliphatic hydroxyl groups is 2. The van der Waals surface area contributed by atoms with Crippen molar-refractivity contribution in [3.63, 3.8) is 0 Å². The summed E-state index contributed by atoms with van der Waals surface area (Å²) < 4.78 is 19.4. The number of carbonyl (C=O) groups is 2. The molecule has 0 saturated heterocycles. The molecule has 8 nitrogen and oxygen atoms in total. The normalized spacial score (nSPS) is 13.2. The predicted molar refractivity (Wildman–Crippen MR) is 85.1 cm³/mol. The van der Waals surface area contributed by atoms with Gasteiger partial charge in [-0.3, -0.25) is 0 Å². The topological polar surface area (TPSA) is 112 Å². The minimum absolute atomic E-state index is 0.00311. The van der Waals surface area contributed by atoms with Gasteiger partial charge in [0.05, 0.1) is 26.4 Å². The number of hydrogen-bond donors (Lipinski definition) is 2. The average Bonchev–Trinajstić information content (AvgIpc) is 2.56. The molecule has 2 atom stereocenters. The number of hydrogen-bond acceptors (Lipinski definition) is 8. The number of esters is 2. The van der Waals surface area contributed by atoms with Crippen LogP contribution in [0.5, 0.6) is 0 Å². The maximum Gasteiger partial charge on any atom is 0.331 e. The van der Waals surface area contributed by atoms with Crippen LogP contribution in [0.15, 0.2) is 37.5 Å². The molecule has 0 fully saturated rings. The molecular formula is C16H24O8. The molecule has 0 aliphatic heterocycles. The number of aliphatic hydroxyl groups excluding tert-OH is 2. The Morgan fingerprint density at radius 1 is 0.792 bits per heavy atom. The summed E-state index contributed by atoms with van der Waals surface area (Å²) in [5.74, 6) is -1.63. The zero-order chi connectivity index (χ0) is 18.2. The van der Waals surface area contributed by atoms with E-state index in [1.807, 2.05) is 0 Å². The molecule has 0 aromatic heterocycles. The SMILES string of the molecule is C=CCOCC(O)COC(=O)/C=C\C(=O)OCC(O)COCC=C. The van der Waals surface area contributed by atoms with E-state index in [0.717, 1.165) is 12.2 Å². The van der Waals surface area contributed by atoms with Crippen molar-refractivity contribution in [3.05, 3.63) is 37.5 Å². The van der Waals surface area contributed by atoms with Crippen LogP contribution in [0.3, 0.4) is 0 Å². The van der Waals surface area contributed by atoms with Gasteiger partial charge in [-0.05, 0) is 0 Å². The quantitative estimate of drug-likeness (QED) is 0.192. The first-order valence-electron chi connectivity index (χ1n) is 7.24. The largest absolute Gasteiger partial charge is 0.460 e. The van der Waals surface area contributed by atoms with Crippen molar-refractivity contribution < 1.29 is 38.7 Å². The summed E-state index contributed by atoms with van der Waals surface area (Å²) in [7, 11) is 0. The van der Waals surface area contributed by atoms with Gasteiger partial charge < -0.3 is 29.2 Å². The van der Waals surface area contributed by atoms with Crippen molar-refractivity contribution >= 4 is 11.9 Å². The molecule has 0 heterocycles. The van der Waals surface area contributed by atoms with Crippen LogP contribution in [-0.2, 0) is 28.5 Å². The van der Waals surface area contributed by atoms with E-state index in [1.54, 1.807) is 0 Å². The lowest BCUT2D eigenvalue weighted by molar-refractivity contribution is -0.144. The second kappa shape index (κ2) is 14.6. The molecule has 0 aromatic carbocycles. The number of rotatable bonds is 14. The molecule has 2 N–H and O–H groups in total. The Morgan fingerprint density at radius 3 is 1.50 bits per heavy atom. The first-order valence-corrected chi connectivity index (χ1v) is 7.24. The molecule has 2 unspecified atom stereocenters. The lowest BCUT2D eigenvalue weighted by Crippen LogP contribution is -2.24. The second-order valence-electron chi connectivity index (χ2n) is 4.55. The fourth-order valence-electron chi connectivity index (χ4n) is 1.26. The molecule has 0 bridgehead atoms. The summed E-state index contributed by atoms with van der Waals surface area (Å²) in [6.07, 6.45) is 2.83. The molecule has 0 amide bonds. The van der Waals surface area contributed by atoms with Gasteiger partial charge in [0.2, 0.25) is 0 Å². The van der Waals surface area contributed by atoms with Crippen LogP contribution < -0.4 is 0 Å². The van der Waals surface area contributed by atoms with Crippen molar-refractivity contribution in [2.45, 2.75) is 12.2 Å². The third-order valence-electron chi connectivity index (χ3n) is 2.28. The Hall–Kier alpha value is -2.00. The molecule has 0 aliphatic rings. The van der Waals surface area contributed by atoms with E-state index in [2.05, 4.69) is 13.2 Å². The highest BCUT2D eigenvalue weighted by atomic mass is 16.6. The van der Waals surface area contributed by atoms with Crippen LogP contribution in [0.2, 0.25) is 0 Å². The van der Waals surface area contributed by atoms with Crippen molar-refractivity contribution in [1.82, 2.24) is 0 Å². The minimum Gasteiger partial charge on any atom is -0.460 e. The zero-order valence-corrected chi connectivity index (χ0v) is 13.5. The van der Waals surface area contributed by atoms with Gasteiger partial charge in [0.15, 0.2) is 0 Å². The van der Waals surface area contributed by atoms with Gasteiger partial charge in [-0.25, -0.2) is 9.59 Å². The van der Waals surface area contributed by atoms with Crippen molar-refractivity contribution in [1.29, 1.82) is 0 Å². The second-order valence-corrected chi connectivity index (χ2v) is 4.55. The van der Waals surface area contributed by atoms with E-state index in [0.29, 0.717) is 0 Å². The fraction of sp³-hybridized carbons (Fsp3) is 0.500. The maximum atomic E-state index is 11.3. The Morgan fingerprint density at radius 2 is 1.17 bits per heavy atom. The minimum atomic E-state index is -0.972. The van der Waals surface area contributed by atoms with Crippen molar-refractivity contribution in [2.24, 2.45) is 0 Å². The Bertz CT molecular complexity index is 380. The number of carbonyl (C=O) groups excluding carboxylic acids is 2. The third-order valence-corrected chi connectivity index (χ3v) is 2.28. The molecular weight excluding hydrogens is 320 g/mol. The van der Waals surface area contributed by atoms with Crippen LogP contribution in [0.4, 0.5) is 0 Å². The summed E-state index contributed by atoms with van der Waals surface area (Å²) in [4.78, 5) is 22.7. The van der Waals surface area contributed by atoms with Gasteiger partial charge >= 0.3 is 11.9 Å². The molecule has 0 rings (SSSR count). The summed E-state index contributed by atoms with van der Waals surface area (Å²) in [5, 5.41) is 18.9. The first-order chi connectivity index (χ1) is 11.5. The van der Waals surface area contributed by atoms with E-state index in [1.165, 1.54) is 12.2 Å². The van der Waals surface area contributed by atoms with E-state index in [4.69, 9.17) is 18.9 Å². The average molecular weight is 344 g/mol. The van der Waals surface area contributed by atoms with Gasteiger partial charge in [0, 0.05) is 12.2 Å². The Balaban J connectivity index is 3.85. The van der Waals surface area contributed by atoms with Crippen LogP contribution in [0.1, 0.15) is 0 Å². The molecule has 0 radical (unpaired) electrons. The number of ether oxygens (including phenoxy) is 4. The zero-order valence-electron chi connectivity index (χ0n) is 13.5. The molecule has 136 valence electrons. The predicted octanol–water partition coefficient (Wildman–Crippen LogP) is -0.244. The van der Waals surface area contributed by atoms with E-state index in [-0.39, 0.29) is 39.6 Å². The molecule has 0 aliphatic carbocycles. The van der Waals surface area contributed by atoms with Gasteiger partial charge in [0.25, 0.3) is 0 Å². The van der Waals surface area contributed by atoms with Crippen LogP contribution in [0.25, 0.3) is 0 Å². The smallest absolute Gasteiger partial charge is 0.331 e. The Labute approximate surface area is 141 Å². The summed E-state index contributed by atoms with van der Waals surface area (Å²) in [6, 6.07) is 0. The summed E-state index contributed by atoms with van der Waals surface area (Å²) in [6.45, 7) is 6.90. The highest BCUT2D eigenvalue weighted by molar-refractivity contribution is 5.91. The third kappa shape index (κ3) is 13.6. The van der Waals surface area contributed by atoms with E-state index >= 15 is 0 Å². The molecule has 0 aromatic rings. The van der Waals surface area contributed by atoms with Crippen LogP contribution >= 0.6 is 0 Å². The highest BCUT2D eigenvalue weighted by Crippen LogP contribution is 1.93. The van der Waals surface area contributed by atoms with E-state index in [9.17, 15) is 19.8 Å². The van der Waals surface area contributed by atoms with Gasteiger partial charge in [-0.15, -0.1) is 13.2 Å². The van der Waals surface area contributed by atoms with Crippen molar-refractivity contribution in [2.75, 3.05) is 39.6 Å². The molecule has 8 heteroatoms. The highest BCUT2D eigenvalue weighted by Gasteiger charge is 2.09. The fourth-order valence-corrected chi connectivity index (χ4v) is 1.26. The first kappa shape index (κ1) is 22.0. The summed E-state index contributed by atoms with van der Waals surface area (Å²) in [5.41, 5.74) is 0.